The summed E-state index contributed by atoms with van der Waals surface area (Å²) in [5.41, 5.74) is 0.614. The van der Waals surface area contributed by atoms with E-state index in [-0.39, 0.29) is 16.9 Å². The topological polar surface area (TPSA) is 18.5 Å². The molecule has 2 nitrogen and oxygen atoms in total. The van der Waals surface area contributed by atoms with Gasteiger partial charge in [-0.25, -0.2) is 4.39 Å². The van der Waals surface area contributed by atoms with Crippen LogP contribution in [0.5, 0.6) is 0 Å². The number of hydrogen-bond donors (Lipinski definition) is 0. The van der Waals surface area contributed by atoms with Gasteiger partial charge in [0.2, 0.25) is 0 Å². The zero-order valence-corrected chi connectivity index (χ0v) is 10.2. The number of halogens is 3. The molecule has 0 saturated carbocycles. The van der Waals surface area contributed by atoms with Gasteiger partial charge in [0.05, 0.1) is 23.6 Å². The van der Waals surface area contributed by atoms with Gasteiger partial charge >= 0.3 is 0 Å². The highest BCUT2D eigenvalue weighted by molar-refractivity contribution is 6.31. The Morgan fingerprint density at radius 3 is 2.88 bits per heavy atom. The maximum atomic E-state index is 12.9. The summed E-state index contributed by atoms with van der Waals surface area (Å²) < 4.78 is 24.1. The maximum absolute atomic E-state index is 12.9. The molecular formula is C11H11Cl2FO2. The first-order valence-electron chi connectivity index (χ1n) is 4.88. The fraction of sp³-hybridized carbons (Fsp3) is 0.455. The third-order valence-electron chi connectivity index (χ3n) is 2.53. The fourth-order valence-electron chi connectivity index (χ4n) is 1.71. The van der Waals surface area contributed by atoms with Crippen LogP contribution in [-0.4, -0.2) is 18.6 Å². The van der Waals surface area contributed by atoms with Gasteiger partial charge in [-0.1, -0.05) is 11.6 Å². The van der Waals surface area contributed by atoms with Crippen molar-refractivity contribution in [2.45, 2.75) is 18.8 Å². The molecule has 2 atom stereocenters. The Morgan fingerprint density at radius 1 is 1.56 bits per heavy atom. The summed E-state index contributed by atoms with van der Waals surface area (Å²) in [5.74, 6) is -0.970. The van der Waals surface area contributed by atoms with Gasteiger partial charge in [-0.15, -0.1) is 11.6 Å². The second-order valence-electron chi connectivity index (χ2n) is 3.78. The quantitative estimate of drug-likeness (QED) is 0.764. The Balaban J connectivity index is 2.30. The van der Waals surface area contributed by atoms with Crippen LogP contribution in [0.25, 0.3) is 0 Å². The minimum absolute atomic E-state index is 0.159. The van der Waals surface area contributed by atoms with E-state index in [4.69, 9.17) is 32.7 Å². The molecule has 0 N–H and O–H groups in total. The molecule has 5 heteroatoms. The molecule has 0 radical (unpaired) electrons. The molecule has 0 amide bonds. The van der Waals surface area contributed by atoms with E-state index in [2.05, 4.69) is 0 Å². The number of rotatable bonds is 2. The van der Waals surface area contributed by atoms with Gasteiger partial charge < -0.3 is 9.47 Å². The molecule has 2 rings (SSSR count). The number of ether oxygens (including phenoxy) is 2. The minimum atomic E-state index is -0.940. The Labute approximate surface area is 103 Å². The van der Waals surface area contributed by atoms with Crippen molar-refractivity contribution in [3.8, 4) is 0 Å². The van der Waals surface area contributed by atoms with Gasteiger partial charge in [0, 0.05) is 5.56 Å². The molecule has 0 spiro atoms. The molecule has 1 heterocycles. The van der Waals surface area contributed by atoms with Crippen LogP contribution in [0.3, 0.4) is 0 Å². The second-order valence-corrected chi connectivity index (χ2v) is 4.49. The summed E-state index contributed by atoms with van der Waals surface area (Å²) in [5, 5.41) is 0.290. The van der Waals surface area contributed by atoms with E-state index in [1.807, 2.05) is 0 Å². The molecule has 16 heavy (non-hydrogen) atoms. The predicted octanol–water partition coefficient (Wildman–Crippen LogP) is 3.31. The van der Waals surface area contributed by atoms with Gasteiger partial charge in [0.15, 0.2) is 5.79 Å². The van der Waals surface area contributed by atoms with Crippen molar-refractivity contribution in [1.82, 2.24) is 0 Å². The van der Waals surface area contributed by atoms with Crippen LogP contribution in [0.2, 0.25) is 5.02 Å². The highest BCUT2D eigenvalue weighted by Gasteiger charge is 2.39. The minimum Gasteiger partial charge on any atom is -0.343 e. The Bertz CT molecular complexity index is 400. The lowest BCUT2D eigenvalue weighted by atomic mass is 10.1. The number of alkyl halides is 1. The first-order chi connectivity index (χ1) is 7.55. The number of benzene rings is 1. The fourth-order valence-corrected chi connectivity index (χ4v) is 2.20. The van der Waals surface area contributed by atoms with E-state index in [0.29, 0.717) is 18.1 Å². The predicted molar refractivity (Wildman–Crippen MR) is 60.3 cm³/mol. The Kier molecular flexibility index (Phi) is 3.40. The van der Waals surface area contributed by atoms with Crippen molar-refractivity contribution >= 4 is 23.2 Å². The van der Waals surface area contributed by atoms with Crippen LogP contribution in [0.15, 0.2) is 18.2 Å². The van der Waals surface area contributed by atoms with Crippen LogP contribution in [-0.2, 0) is 15.3 Å². The highest BCUT2D eigenvalue weighted by atomic mass is 35.5. The van der Waals surface area contributed by atoms with Crippen LogP contribution in [0.4, 0.5) is 4.39 Å². The summed E-state index contributed by atoms with van der Waals surface area (Å²) in [4.78, 5) is 0. The van der Waals surface area contributed by atoms with Crippen molar-refractivity contribution < 1.29 is 13.9 Å². The second kappa shape index (κ2) is 4.49. The summed E-state index contributed by atoms with van der Waals surface area (Å²) in [6.45, 7) is 2.16. The first kappa shape index (κ1) is 12.1. The molecule has 0 aliphatic carbocycles. The van der Waals surface area contributed by atoms with E-state index in [1.165, 1.54) is 12.1 Å². The lowest BCUT2D eigenvalue weighted by Crippen LogP contribution is -2.24. The Hall–Kier alpha value is -0.350. The Morgan fingerprint density at radius 2 is 2.31 bits per heavy atom. The SMILES string of the molecule is CC1(c2ccc(F)cc2Cl)OCC(CCl)O1. The molecule has 1 aliphatic rings. The van der Waals surface area contributed by atoms with Crippen molar-refractivity contribution in [2.75, 3.05) is 12.5 Å². The van der Waals surface area contributed by atoms with Crippen molar-refractivity contribution in [3.63, 3.8) is 0 Å². The smallest absolute Gasteiger partial charge is 0.193 e. The zero-order valence-electron chi connectivity index (χ0n) is 8.67. The molecular weight excluding hydrogens is 254 g/mol. The van der Waals surface area contributed by atoms with E-state index in [9.17, 15) is 4.39 Å². The van der Waals surface area contributed by atoms with Crippen molar-refractivity contribution in [1.29, 1.82) is 0 Å². The average molecular weight is 265 g/mol. The normalized spacial score (nSPS) is 29.6. The van der Waals surface area contributed by atoms with Crippen LogP contribution in [0, 0.1) is 5.82 Å². The maximum Gasteiger partial charge on any atom is 0.193 e. The third-order valence-corrected chi connectivity index (χ3v) is 3.19. The summed E-state index contributed by atoms with van der Waals surface area (Å²) in [7, 11) is 0. The third kappa shape index (κ3) is 2.18. The van der Waals surface area contributed by atoms with Gasteiger partial charge in [0.1, 0.15) is 5.82 Å². The molecule has 0 bridgehead atoms. The standard InChI is InChI=1S/C11H11Cl2FO2/c1-11(15-6-8(5-12)16-11)9-3-2-7(14)4-10(9)13/h2-4,8H,5-6H2,1H3. The van der Waals surface area contributed by atoms with Gasteiger partial charge in [0.25, 0.3) is 0 Å². The van der Waals surface area contributed by atoms with Crippen LogP contribution < -0.4 is 0 Å². The first-order valence-corrected chi connectivity index (χ1v) is 5.79. The molecule has 2 unspecified atom stereocenters. The lowest BCUT2D eigenvalue weighted by Gasteiger charge is -2.24. The van der Waals surface area contributed by atoms with Gasteiger partial charge in [-0.2, -0.15) is 0 Å². The van der Waals surface area contributed by atoms with E-state index in [1.54, 1.807) is 13.0 Å². The summed E-state index contributed by atoms with van der Waals surface area (Å²) in [6, 6.07) is 4.13. The molecule has 0 aromatic heterocycles. The van der Waals surface area contributed by atoms with Crippen LogP contribution >= 0.6 is 23.2 Å². The number of hydrogen-bond acceptors (Lipinski definition) is 2. The molecule has 1 aromatic rings. The highest BCUT2D eigenvalue weighted by Crippen LogP contribution is 2.37. The van der Waals surface area contributed by atoms with E-state index in [0.717, 1.165) is 0 Å². The van der Waals surface area contributed by atoms with Crippen molar-refractivity contribution in [2.24, 2.45) is 0 Å². The largest absolute Gasteiger partial charge is 0.343 e. The summed E-state index contributed by atoms with van der Waals surface area (Å²) >= 11 is 11.6. The zero-order chi connectivity index (χ0) is 11.8. The van der Waals surface area contributed by atoms with Crippen molar-refractivity contribution in [3.05, 3.63) is 34.6 Å². The molecule has 1 aromatic carbocycles. The molecule has 1 aliphatic heterocycles. The molecule has 1 fully saturated rings. The van der Waals surface area contributed by atoms with Gasteiger partial charge in [-0.3, -0.25) is 0 Å². The van der Waals surface area contributed by atoms with Gasteiger partial charge in [-0.05, 0) is 25.1 Å². The summed E-state index contributed by atoms with van der Waals surface area (Å²) in [6.07, 6.45) is -0.159. The molecule has 1 saturated heterocycles. The van der Waals surface area contributed by atoms with E-state index >= 15 is 0 Å². The molecule has 88 valence electrons. The lowest BCUT2D eigenvalue weighted by molar-refractivity contribution is -0.159. The monoisotopic (exact) mass is 264 g/mol. The van der Waals surface area contributed by atoms with Crippen LogP contribution in [0.1, 0.15) is 12.5 Å². The average Bonchev–Trinajstić information content (AvgIpc) is 2.61. The van der Waals surface area contributed by atoms with E-state index < -0.39 is 5.79 Å².